The minimum Gasteiger partial charge on any atom is -0.368 e. The summed E-state index contributed by atoms with van der Waals surface area (Å²) < 4.78 is 81.1. The van der Waals surface area contributed by atoms with E-state index < -0.39 is 54.4 Å². The number of aromatic nitrogens is 1. The van der Waals surface area contributed by atoms with E-state index in [1.807, 2.05) is 0 Å². The fraction of sp³-hybridized carbons (Fsp3) is 0.435. The molecule has 190 valence electrons. The van der Waals surface area contributed by atoms with Gasteiger partial charge >= 0.3 is 12.4 Å². The predicted octanol–water partition coefficient (Wildman–Crippen LogP) is 4.75. The van der Waals surface area contributed by atoms with Crippen LogP contribution in [0.1, 0.15) is 42.2 Å². The predicted molar refractivity (Wildman–Crippen MR) is 114 cm³/mol. The van der Waals surface area contributed by atoms with E-state index in [4.69, 9.17) is 4.74 Å². The first-order valence-corrected chi connectivity index (χ1v) is 10.7. The number of carbonyl (C=O) groups excluding carboxylic acids is 2. The van der Waals surface area contributed by atoms with Crippen molar-refractivity contribution in [1.82, 2.24) is 15.6 Å². The lowest BCUT2D eigenvalue weighted by Gasteiger charge is -2.36. The second-order valence-electron chi connectivity index (χ2n) is 8.48. The van der Waals surface area contributed by atoms with Gasteiger partial charge in [-0.1, -0.05) is 12.6 Å². The maximum atomic E-state index is 12.8. The summed E-state index contributed by atoms with van der Waals surface area (Å²) in [7, 11) is 0. The molecule has 0 spiro atoms. The zero-order valence-electron chi connectivity index (χ0n) is 18.6. The molecule has 12 heteroatoms. The number of rotatable bonds is 8. The van der Waals surface area contributed by atoms with Crippen molar-refractivity contribution in [2.45, 2.75) is 50.7 Å². The summed E-state index contributed by atoms with van der Waals surface area (Å²) in [5.41, 5.74) is -0.325. The first-order valence-electron chi connectivity index (χ1n) is 10.7. The molecular formula is C23H23F6N3O3. The van der Waals surface area contributed by atoms with E-state index in [0.717, 1.165) is 12.1 Å². The highest BCUT2D eigenvalue weighted by Crippen LogP contribution is 2.42. The summed E-state index contributed by atoms with van der Waals surface area (Å²) in [6.07, 6.45) is -9.56. The Bertz CT molecular complexity index is 1110. The molecule has 1 saturated carbocycles. The van der Waals surface area contributed by atoms with Gasteiger partial charge in [-0.15, -0.1) is 0 Å². The van der Waals surface area contributed by atoms with Gasteiger partial charge in [-0.2, -0.15) is 26.3 Å². The molecule has 2 N–H and O–H groups in total. The average Bonchev–Trinajstić information content (AvgIpc) is 2.69. The highest BCUT2D eigenvalue weighted by atomic mass is 19.4. The Morgan fingerprint density at radius 3 is 2.46 bits per heavy atom. The molecule has 0 radical (unpaired) electrons. The van der Waals surface area contributed by atoms with Crippen LogP contribution in [0.4, 0.5) is 26.3 Å². The molecule has 2 aromatic rings. The molecule has 0 saturated heterocycles. The van der Waals surface area contributed by atoms with E-state index in [1.54, 1.807) is 6.92 Å². The summed E-state index contributed by atoms with van der Waals surface area (Å²) in [4.78, 5) is 28.5. The molecule has 0 aliphatic heterocycles. The fourth-order valence-electron chi connectivity index (χ4n) is 3.59. The fourth-order valence-corrected chi connectivity index (χ4v) is 3.59. The average molecular weight is 503 g/mol. The molecule has 1 unspecified atom stereocenters. The van der Waals surface area contributed by atoms with Gasteiger partial charge in [0.05, 0.1) is 23.1 Å². The van der Waals surface area contributed by atoms with Gasteiger partial charge in [0.15, 0.2) is 0 Å². The van der Waals surface area contributed by atoms with Crippen molar-refractivity contribution < 1.29 is 40.7 Å². The van der Waals surface area contributed by atoms with Gasteiger partial charge in [0, 0.05) is 23.5 Å². The largest absolute Gasteiger partial charge is 0.416 e. The molecule has 35 heavy (non-hydrogen) atoms. The number of ether oxygens (including phenoxy) is 1. The third kappa shape index (κ3) is 7.17. The van der Waals surface area contributed by atoms with Crippen molar-refractivity contribution in [2.75, 3.05) is 6.61 Å². The van der Waals surface area contributed by atoms with Gasteiger partial charge in [-0.25, -0.2) is 4.98 Å². The van der Waals surface area contributed by atoms with E-state index in [0.29, 0.717) is 0 Å². The monoisotopic (exact) mass is 503 g/mol. The van der Waals surface area contributed by atoms with Gasteiger partial charge in [-0.05, 0) is 44.0 Å². The molecule has 0 bridgehead atoms. The number of fused-ring (bicyclic) bond motifs is 1. The Balaban J connectivity index is 1.44. The number of hydrogen-bond acceptors (Lipinski definition) is 4. The number of carbonyl (C=O) groups is 2. The second-order valence-corrected chi connectivity index (χ2v) is 8.48. The molecule has 1 heterocycles. The minimum atomic E-state index is -4.49. The minimum absolute atomic E-state index is 0.00446. The van der Waals surface area contributed by atoms with Crippen LogP contribution in [-0.4, -0.2) is 41.7 Å². The van der Waals surface area contributed by atoms with E-state index in [2.05, 4.69) is 22.2 Å². The lowest BCUT2D eigenvalue weighted by molar-refractivity contribution is -0.219. The van der Waals surface area contributed by atoms with Crippen LogP contribution >= 0.6 is 0 Å². The molecule has 1 aliphatic rings. The van der Waals surface area contributed by atoms with Crippen molar-refractivity contribution in [3.8, 4) is 0 Å². The standard InChI is InChI=1S/C23H23F6N3O3/c1-12(30-20(33)11-35-17-9-16(10-17)23(27,28)29)7-13(2)31-21(34)19-5-3-14-8-15(22(24,25)26)4-6-18(14)32-19/h3-6,8,13,16-17H,1,7,9-11H2,2H3,(H,30,33)(H,31,34). The topological polar surface area (TPSA) is 80.3 Å². The highest BCUT2D eigenvalue weighted by Gasteiger charge is 2.48. The van der Waals surface area contributed by atoms with Crippen LogP contribution in [-0.2, 0) is 15.7 Å². The summed E-state index contributed by atoms with van der Waals surface area (Å²) >= 11 is 0. The summed E-state index contributed by atoms with van der Waals surface area (Å²) in [5.74, 6) is -2.53. The van der Waals surface area contributed by atoms with Crippen LogP contribution in [0.3, 0.4) is 0 Å². The molecule has 1 aromatic heterocycles. The second kappa shape index (κ2) is 10.2. The Hall–Kier alpha value is -3.15. The smallest absolute Gasteiger partial charge is 0.368 e. The van der Waals surface area contributed by atoms with Crippen molar-refractivity contribution in [2.24, 2.45) is 5.92 Å². The first kappa shape index (κ1) is 26.5. The van der Waals surface area contributed by atoms with Crippen molar-refractivity contribution in [1.29, 1.82) is 0 Å². The Kier molecular flexibility index (Phi) is 7.73. The molecule has 1 atom stereocenters. The Morgan fingerprint density at radius 2 is 1.83 bits per heavy atom. The molecule has 1 aliphatic carbocycles. The normalized spacial score (nSPS) is 19.1. The van der Waals surface area contributed by atoms with E-state index in [1.165, 1.54) is 18.2 Å². The number of nitrogens with zero attached hydrogens (tertiary/aromatic N) is 1. The number of halogens is 6. The van der Waals surface area contributed by atoms with Crippen molar-refractivity contribution in [3.05, 3.63) is 53.9 Å². The van der Waals surface area contributed by atoms with Crippen molar-refractivity contribution >= 4 is 22.7 Å². The summed E-state index contributed by atoms with van der Waals surface area (Å²) in [6, 6.07) is 5.21. The third-order valence-electron chi connectivity index (χ3n) is 5.50. The maximum Gasteiger partial charge on any atom is 0.416 e. The zero-order valence-corrected chi connectivity index (χ0v) is 18.6. The summed E-state index contributed by atoms with van der Waals surface area (Å²) in [6.45, 7) is 4.93. The number of pyridine rings is 1. The number of hydrogen-bond donors (Lipinski definition) is 2. The quantitative estimate of drug-likeness (QED) is 0.510. The van der Waals surface area contributed by atoms with Gasteiger partial charge in [0.1, 0.15) is 12.3 Å². The lowest BCUT2D eigenvalue weighted by atomic mass is 9.82. The van der Waals surface area contributed by atoms with E-state index in [-0.39, 0.29) is 41.6 Å². The lowest BCUT2D eigenvalue weighted by Crippen LogP contribution is -2.42. The number of benzene rings is 1. The van der Waals surface area contributed by atoms with Gasteiger partial charge in [-0.3, -0.25) is 9.59 Å². The van der Waals surface area contributed by atoms with Crippen LogP contribution in [0.2, 0.25) is 0 Å². The van der Waals surface area contributed by atoms with E-state index >= 15 is 0 Å². The van der Waals surface area contributed by atoms with Crippen LogP contribution in [0.15, 0.2) is 42.6 Å². The number of amides is 2. The SMILES string of the molecule is C=C(CC(C)NC(=O)c1ccc2cc(C(F)(F)F)ccc2n1)NC(=O)COC1CC(C(F)(F)F)C1. The van der Waals surface area contributed by atoms with Crippen molar-refractivity contribution in [3.63, 3.8) is 0 Å². The molecule has 1 fully saturated rings. The van der Waals surface area contributed by atoms with Gasteiger partial charge in [0.2, 0.25) is 5.91 Å². The Morgan fingerprint density at radius 1 is 1.14 bits per heavy atom. The molecule has 6 nitrogen and oxygen atoms in total. The van der Waals surface area contributed by atoms with Crippen LogP contribution in [0, 0.1) is 5.92 Å². The maximum absolute atomic E-state index is 12.8. The molecular weight excluding hydrogens is 480 g/mol. The first-order chi connectivity index (χ1) is 16.2. The third-order valence-corrected chi connectivity index (χ3v) is 5.50. The number of nitrogens with one attached hydrogen (secondary N) is 2. The molecule has 2 amide bonds. The van der Waals surface area contributed by atoms with Gasteiger partial charge in [0.25, 0.3) is 5.91 Å². The highest BCUT2D eigenvalue weighted by molar-refractivity contribution is 5.95. The zero-order chi connectivity index (χ0) is 26.0. The number of alkyl halides is 6. The van der Waals surface area contributed by atoms with E-state index in [9.17, 15) is 35.9 Å². The van der Waals surface area contributed by atoms with Crippen LogP contribution < -0.4 is 10.6 Å². The summed E-state index contributed by atoms with van der Waals surface area (Å²) in [5, 5.41) is 5.36. The van der Waals surface area contributed by atoms with Crippen LogP contribution in [0.5, 0.6) is 0 Å². The van der Waals surface area contributed by atoms with Crippen LogP contribution in [0.25, 0.3) is 10.9 Å². The molecule has 1 aromatic carbocycles. The Labute approximate surface area is 196 Å². The van der Waals surface area contributed by atoms with Gasteiger partial charge < -0.3 is 15.4 Å². The molecule has 3 rings (SSSR count).